The number of aryl methyl sites for hydroxylation is 1. The fourth-order valence-corrected chi connectivity index (χ4v) is 5.26. The smallest absolute Gasteiger partial charge is 0.408 e. The van der Waals surface area contributed by atoms with Crippen LogP contribution >= 0.6 is 0 Å². The molecule has 2 saturated heterocycles. The maximum atomic E-state index is 13.6. The Hall–Kier alpha value is -2.81. The van der Waals surface area contributed by atoms with Crippen molar-refractivity contribution in [3.8, 4) is 5.75 Å². The largest absolute Gasteiger partial charge is 0.494 e. The zero-order valence-electron chi connectivity index (χ0n) is 23.0. The molecule has 4 N–H and O–H groups in total. The van der Waals surface area contributed by atoms with Gasteiger partial charge in [0.2, 0.25) is 5.91 Å². The third-order valence-corrected chi connectivity index (χ3v) is 7.36. The lowest BCUT2D eigenvalue weighted by molar-refractivity contribution is -0.139. The molecule has 3 rings (SSSR count). The van der Waals surface area contributed by atoms with Gasteiger partial charge in [-0.05, 0) is 108 Å². The topological polar surface area (TPSA) is 123 Å². The van der Waals surface area contributed by atoms with E-state index in [1.807, 2.05) is 19.1 Å². The standard InChI is InChI=1S/C28H44N4O5/c1-18(20-10-13-30-14-11-20)12-16-36-21-8-9-22(19(2)17-21)24(31-27(35)37-28(3,4)5)26(34)32-15-6-7-23(32)25(29)33/h8-9,17-18,20,23-24,30H,6-7,10-16H2,1-5H3,(H2,29,33)(H,31,35)/t18-,23+,24?/m1/s1. The molecule has 0 spiro atoms. The second-order valence-electron chi connectivity index (χ2n) is 11.4. The summed E-state index contributed by atoms with van der Waals surface area (Å²) in [7, 11) is 0. The van der Waals surface area contributed by atoms with Crippen LogP contribution in [0.4, 0.5) is 4.79 Å². The number of carbonyl (C=O) groups is 3. The van der Waals surface area contributed by atoms with E-state index in [0.717, 1.165) is 36.7 Å². The molecule has 0 saturated carbocycles. The molecule has 9 nitrogen and oxygen atoms in total. The van der Waals surface area contributed by atoms with Gasteiger partial charge in [-0.1, -0.05) is 13.0 Å². The SMILES string of the molecule is Cc1cc(OCC[C@@H](C)C2CCNCC2)ccc1C(NC(=O)OC(C)(C)C)C(=O)N1CCC[C@H]1C(N)=O. The third kappa shape index (κ3) is 8.09. The summed E-state index contributed by atoms with van der Waals surface area (Å²) in [6, 6.07) is 3.82. The molecule has 1 unspecified atom stereocenters. The number of primary amides is 1. The number of alkyl carbamates (subject to hydrolysis) is 1. The van der Waals surface area contributed by atoms with Gasteiger partial charge in [-0.2, -0.15) is 0 Å². The molecule has 0 bridgehead atoms. The van der Waals surface area contributed by atoms with E-state index in [4.69, 9.17) is 15.2 Å². The average Bonchev–Trinajstić information content (AvgIpc) is 3.32. The minimum atomic E-state index is -1.01. The van der Waals surface area contributed by atoms with Gasteiger partial charge in [0.15, 0.2) is 0 Å². The van der Waals surface area contributed by atoms with Crippen LogP contribution in [-0.2, 0) is 14.3 Å². The van der Waals surface area contributed by atoms with Crippen molar-refractivity contribution in [2.75, 3.05) is 26.2 Å². The van der Waals surface area contributed by atoms with Gasteiger partial charge in [0, 0.05) is 6.54 Å². The molecule has 9 heteroatoms. The van der Waals surface area contributed by atoms with E-state index < -0.39 is 29.7 Å². The van der Waals surface area contributed by atoms with Crippen LogP contribution in [0.3, 0.4) is 0 Å². The van der Waals surface area contributed by atoms with Crippen molar-refractivity contribution in [1.82, 2.24) is 15.5 Å². The molecule has 3 atom stereocenters. The van der Waals surface area contributed by atoms with Gasteiger partial charge in [-0.15, -0.1) is 0 Å². The fraction of sp³-hybridized carbons (Fsp3) is 0.679. The van der Waals surface area contributed by atoms with Crippen molar-refractivity contribution in [2.24, 2.45) is 17.6 Å². The van der Waals surface area contributed by atoms with Crippen molar-refractivity contribution in [3.05, 3.63) is 29.3 Å². The van der Waals surface area contributed by atoms with Gasteiger partial charge < -0.3 is 30.7 Å². The Labute approximate surface area is 220 Å². The highest BCUT2D eigenvalue weighted by Crippen LogP contribution is 2.29. The quantitative estimate of drug-likeness (QED) is 0.462. The Balaban J connectivity index is 1.73. The van der Waals surface area contributed by atoms with Crippen LogP contribution in [0.25, 0.3) is 0 Å². The Morgan fingerprint density at radius 2 is 1.89 bits per heavy atom. The lowest BCUT2D eigenvalue weighted by Gasteiger charge is -2.30. The number of nitrogens with zero attached hydrogens (tertiary/aromatic N) is 1. The zero-order valence-corrected chi connectivity index (χ0v) is 23.0. The monoisotopic (exact) mass is 516 g/mol. The highest BCUT2D eigenvalue weighted by atomic mass is 16.6. The summed E-state index contributed by atoms with van der Waals surface area (Å²) < 4.78 is 11.5. The van der Waals surface area contributed by atoms with Gasteiger partial charge in [0.05, 0.1) is 6.61 Å². The lowest BCUT2D eigenvalue weighted by Crippen LogP contribution is -2.49. The number of nitrogens with one attached hydrogen (secondary N) is 2. The van der Waals surface area contributed by atoms with Crippen LogP contribution in [0.15, 0.2) is 18.2 Å². The average molecular weight is 517 g/mol. The lowest BCUT2D eigenvalue weighted by atomic mass is 9.84. The molecular formula is C28H44N4O5. The number of likely N-dealkylation sites (tertiary alicyclic amines) is 1. The van der Waals surface area contributed by atoms with Crippen LogP contribution in [-0.4, -0.2) is 60.7 Å². The first-order valence-corrected chi connectivity index (χ1v) is 13.5. The maximum Gasteiger partial charge on any atom is 0.408 e. The maximum absolute atomic E-state index is 13.6. The van der Waals surface area contributed by atoms with Crippen LogP contribution < -0.4 is 21.1 Å². The first-order chi connectivity index (χ1) is 17.5. The van der Waals surface area contributed by atoms with Gasteiger partial charge in [-0.3, -0.25) is 9.59 Å². The number of hydrogen-bond donors (Lipinski definition) is 3. The molecule has 0 aliphatic carbocycles. The molecule has 3 amide bonds. The van der Waals surface area contributed by atoms with E-state index in [9.17, 15) is 14.4 Å². The molecule has 37 heavy (non-hydrogen) atoms. The van der Waals surface area contributed by atoms with Crippen LogP contribution in [0, 0.1) is 18.8 Å². The normalized spacial score (nSPS) is 20.2. The van der Waals surface area contributed by atoms with Crippen LogP contribution in [0.2, 0.25) is 0 Å². The second-order valence-corrected chi connectivity index (χ2v) is 11.4. The van der Waals surface area contributed by atoms with Crippen LogP contribution in [0.5, 0.6) is 5.75 Å². The Morgan fingerprint density at radius 3 is 2.51 bits per heavy atom. The molecule has 2 fully saturated rings. The molecule has 2 aliphatic rings. The van der Waals surface area contributed by atoms with E-state index in [0.29, 0.717) is 37.5 Å². The van der Waals surface area contributed by atoms with Gasteiger partial charge in [-0.25, -0.2) is 4.79 Å². The minimum Gasteiger partial charge on any atom is -0.494 e. The number of amides is 3. The number of ether oxygens (including phenoxy) is 2. The molecule has 0 aromatic heterocycles. The van der Waals surface area contributed by atoms with Crippen molar-refractivity contribution in [1.29, 1.82) is 0 Å². The Bertz CT molecular complexity index is 954. The number of piperidine rings is 1. The summed E-state index contributed by atoms with van der Waals surface area (Å²) in [5, 5.41) is 6.14. The van der Waals surface area contributed by atoms with Crippen molar-refractivity contribution in [2.45, 2.75) is 84.4 Å². The second kappa shape index (κ2) is 12.6. The molecule has 2 heterocycles. The first-order valence-electron chi connectivity index (χ1n) is 13.5. The Morgan fingerprint density at radius 1 is 1.19 bits per heavy atom. The highest BCUT2D eigenvalue weighted by molar-refractivity contribution is 5.92. The van der Waals surface area contributed by atoms with Gasteiger partial charge in [0.1, 0.15) is 23.4 Å². The molecule has 0 radical (unpaired) electrons. The van der Waals surface area contributed by atoms with E-state index in [2.05, 4.69) is 17.6 Å². The number of rotatable bonds is 9. The summed E-state index contributed by atoms with van der Waals surface area (Å²) in [6.07, 6.45) is 3.90. The van der Waals surface area contributed by atoms with Gasteiger partial charge in [0.25, 0.3) is 5.91 Å². The van der Waals surface area contributed by atoms with E-state index >= 15 is 0 Å². The third-order valence-electron chi connectivity index (χ3n) is 7.36. The summed E-state index contributed by atoms with van der Waals surface area (Å²) >= 11 is 0. The fourth-order valence-electron chi connectivity index (χ4n) is 5.26. The summed E-state index contributed by atoms with van der Waals surface area (Å²) in [4.78, 5) is 39.7. The van der Waals surface area contributed by atoms with E-state index in [1.54, 1.807) is 26.8 Å². The Kier molecular flexibility index (Phi) is 9.81. The summed E-state index contributed by atoms with van der Waals surface area (Å²) in [5.41, 5.74) is 6.25. The predicted molar refractivity (Wildman–Crippen MR) is 142 cm³/mol. The zero-order chi connectivity index (χ0) is 27.2. The van der Waals surface area contributed by atoms with Crippen LogP contribution in [0.1, 0.15) is 77.0 Å². The molecule has 1 aromatic carbocycles. The number of hydrogen-bond acceptors (Lipinski definition) is 6. The minimum absolute atomic E-state index is 0.375. The number of nitrogens with two attached hydrogens (primary N) is 1. The number of carbonyl (C=O) groups excluding carboxylic acids is 3. The molecule has 206 valence electrons. The molecule has 1 aromatic rings. The molecule has 2 aliphatic heterocycles. The summed E-state index contributed by atoms with van der Waals surface area (Å²) in [5.74, 6) is 1.13. The first kappa shape index (κ1) is 28.8. The number of benzene rings is 1. The van der Waals surface area contributed by atoms with Crippen molar-refractivity contribution in [3.63, 3.8) is 0 Å². The summed E-state index contributed by atoms with van der Waals surface area (Å²) in [6.45, 7) is 12.7. The molecular weight excluding hydrogens is 472 g/mol. The highest BCUT2D eigenvalue weighted by Gasteiger charge is 2.38. The van der Waals surface area contributed by atoms with Crippen molar-refractivity contribution < 1.29 is 23.9 Å². The van der Waals surface area contributed by atoms with Gasteiger partial charge >= 0.3 is 6.09 Å². The predicted octanol–water partition coefficient (Wildman–Crippen LogP) is 3.44. The van der Waals surface area contributed by atoms with Crippen molar-refractivity contribution >= 4 is 17.9 Å². The van der Waals surface area contributed by atoms with E-state index in [-0.39, 0.29) is 5.91 Å². The van der Waals surface area contributed by atoms with E-state index in [1.165, 1.54) is 17.7 Å².